The van der Waals surface area contributed by atoms with Crippen LogP contribution in [0, 0.1) is 0 Å². The fourth-order valence-electron chi connectivity index (χ4n) is 2.65. The smallest absolute Gasteiger partial charge is 0.102 e. The number of rotatable bonds is 10. The fraction of sp³-hybridized carbons (Fsp3) is 0.765. The molecule has 1 rings (SSSR count). The molecule has 1 unspecified atom stereocenters. The van der Waals surface area contributed by atoms with Crippen molar-refractivity contribution >= 4 is 0 Å². The normalized spacial score (nSPS) is 22.6. The van der Waals surface area contributed by atoms with E-state index in [1.807, 2.05) is 0 Å². The van der Waals surface area contributed by atoms with Crippen molar-refractivity contribution in [1.82, 2.24) is 0 Å². The minimum Gasteiger partial charge on any atom is -0.296 e. The summed E-state index contributed by atoms with van der Waals surface area (Å²) in [5.41, 5.74) is 0. The van der Waals surface area contributed by atoms with E-state index in [4.69, 9.17) is 0 Å². The molecular weight excluding hydrogens is 218 g/mol. The molecule has 0 aromatic rings. The quantitative estimate of drug-likeness (QED) is 0.376. The first kappa shape index (κ1) is 15.5. The van der Waals surface area contributed by atoms with Crippen LogP contribution in [0.2, 0.25) is 0 Å². The highest BCUT2D eigenvalue weighted by atomic mass is 15.3. The second-order valence-electron chi connectivity index (χ2n) is 5.98. The van der Waals surface area contributed by atoms with Gasteiger partial charge in [-0.2, -0.15) is 0 Å². The minimum absolute atomic E-state index is 1.10. The van der Waals surface area contributed by atoms with E-state index in [1.54, 1.807) is 0 Å². The van der Waals surface area contributed by atoms with E-state index in [2.05, 4.69) is 38.4 Å². The van der Waals surface area contributed by atoms with Gasteiger partial charge in [-0.15, -0.1) is 0 Å². The molecule has 0 radical (unpaired) electrons. The molecule has 0 N–H and O–H groups in total. The van der Waals surface area contributed by atoms with Crippen molar-refractivity contribution in [3.63, 3.8) is 0 Å². The third-order valence-corrected chi connectivity index (χ3v) is 3.99. The van der Waals surface area contributed by atoms with Crippen LogP contribution >= 0.6 is 0 Å². The summed E-state index contributed by atoms with van der Waals surface area (Å²) in [6.45, 7) is 4.76. The predicted molar refractivity (Wildman–Crippen MR) is 81.4 cm³/mol. The van der Waals surface area contributed by atoms with Gasteiger partial charge in [-0.25, -0.2) is 0 Å². The molecule has 0 aliphatic carbocycles. The van der Waals surface area contributed by atoms with Crippen molar-refractivity contribution in [2.45, 2.75) is 64.7 Å². The molecule has 104 valence electrons. The van der Waals surface area contributed by atoms with Crippen LogP contribution in [0.25, 0.3) is 0 Å². The highest BCUT2D eigenvalue weighted by molar-refractivity contribution is 5.03. The molecule has 0 saturated carbocycles. The van der Waals surface area contributed by atoms with E-state index in [0.29, 0.717) is 0 Å². The highest BCUT2D eigenvalue weighted by Crippen LogP contribution is 2.14. The van der Waals surface area contributed by atoms with Gasteiger partial charge in [0.2, 0.25) is 0 Å². The van der Waals surface area contributed by atoms with Gasteiger partial charge in [-0.1, -0.05) is 57.9 Å². The largest absolute Gasteiger partial charge is 0.296 e. The Morgan fingerprint density at radius 3 is 2.00 bits per heavy atom. The lowest BCUT2D eigenvalue weighted by molar-refractivity contribution is -0.854. The summed E-state index contributed by atoms with van der Waals surface area (Å²) in [4.78, 5) is 0. The van der Waals surface area contributed by atoms with Crippen molar-refractivity contribution in [2.75, 3.05) is 20.1 Å². The molecule has 1 aliphatic rings. The van der Waals surface area contributed by atoms with Crippen LogP contribution in [0.5, 0.6) is 0 Å². The van der Waals surface area contributed by atoms with Crippen molar-refractivity contribution in [3.8, 4) is 0 Å². The lowest BCUT2D eigenvalue weighted by atomic mass is 10.1. The molecule has 0 aromatic carbocycles. The minimum atomic E-state index is 1.10. The van der Waals surface area contributed by atoms with Gasteiger partial charge in [0, 0.05) is 0 Å². The summed E-state index contributed by atoms with van der Waals surface area (Å²) < 4.78 is 1.10. The van der Waals surface area contributed by atoms with E-state index in [-0.39, 0.29) is 0 Å². The first-order valence-corrected chi connectivity index (χ1v) is 7.95. The molecule has 1 heteroatoms. The Morgan fingerprint density at radius 2 is 1.44 bits per heavy atom. The summed E-state index contributed by atoms with van der Waals surface area (Å²) in [6.07, 6.45) is 21.8. The molecule has 0 aromatic heterocycles. The summed E-state index contributed by atoms with van der Waals surface area (Å²) in [5, 5.41) is 0. The van der Waals surface area contributed by atoms with Crippen LogP contribution < -0.4 is 0 Å². The standard InChI is InChI=1S/C17H32N/c1-3-4-5-6-7-8-9-10-12-15-18(2)16-13-11-14-17-18/h11,13-14,16H,3-10,12,15,17H2,1-2H3/q+1. The maximum atomic E-state index is 2.34. The second-order valence-corrected chi connectivity index (χ2v) is 5.98. The van der Waals surface area contributed by atoms with Crippen molar-refractivity contribution in [2.24, 2.45) is 0 Å². The highest BCUT2D eigenvalue weighted by Gasteiger charge is 2.17. The van der Waals surface area contributed by atoms with Gasteiger partial charge in [0.25, 0.3) is 0 Å². The lowest BCUT2D eigenvalue weighted by Gasteiger charge is -2.30. The molecule has 1 atom stereocenters. The third kappa shape index (κ3) is 7.00. The molecule has 1 heterocycles. The number of unbranched alkanes of at least 4 members (excludes halogenated alkanes) is 8. The lowest BCUT2D eigenvalue weighted by Crippen LogP contribution is -2.40. The average molecular weight is 250 g/mol. The summed E-state index contributed by atoms with van der Waals surface area (Å²) in [7, 11) is 2.34. The van der Waals surface area contributed by atoms with E-state index in [0.717, 1.165) is 4.48 Å². The molecule has 0 fully saturated rings. The van der Waals surface area contributed by atoms with Gasteiger partial charge in [-0.05, 0) is 25.0 Å². The number of likely N-dealkylation sites (N-methyl/N-ethyl adjacent to an activating group) is 1. The van der Waals surface area contributed by atoms with Crippen LogP contribution in [0.3, 0.4) is 0 Å². The van der Waals surface area contributed by atoms with Crippen LogP contribution in [-0.2, 0) is 0 Å². The van der Waals surface area contributed by atoms with Crippen LogP contribution in [-0.4, -0.2) is 24.6 Å². The number of hydrogen-bond acceptors (Lipinski definition) is 0. The zero-order chi connectivity index (χ0) is 13.1. The molecule has 0 amide bonds. The monoisotopic (exact) mass is 250 g/mol. The Labute approximate surface area is 114 Å². The zero-order valence-corrected chi connectivity index (χ0v) is 12.5. The number of nitrogens with zero attached hydrogens (tertiary/aromatic N) is 1. The van der Waals surface area contributed by atoms with E-state index < -0.39 is 0 Å². The summed E-state index contributed by atoms with van der Waals surface area (Å²) in [5.74, 6) is 0. The van der Waals surface area contributed by atoms with Gasteiger partial charge in [0.05, 0.1) is 19.8 Å². The van der Waals surface area contributed by atoms with Crippen molar-refractivity contribution < 1.29 is 4.48 Å². The maximum Gasteiger partial charge on any atom is 0.102 e. The molecule has 0 saturated heterocycles. The Morgan fingerprint density at radius 1 is 0.833 bits per heavy atom. The number of quaternary nitrogens is 1. The van der Waals surface area contributed by atoms with Crippen molar-refractivity contribution in [1.29, 1.82) is 0 Å². The predicted octanol–water partition coefficient (Wildman–Crippen LogP) is 5.05. The summed E-state index contributed by atoms with van der Waals surface area (Å²) >= 11 is 0. The molecule has 0 spiro atoms. The SMILES string of the molecule is CCCCCCCCCCC[N+]1(C)C=CC=CC1. The third-order valence-electron chi connectivity index (χ3n) is 3.99. The summed E-state index contributed by atoms with van der Waals surface area (Å²) in [6, 6.07) is 0. The van der Waals surface area contributed by atoms with E-state index in [9.17, 15) is 0 Å². The topological polar surface area (TPSA) is 0 Å². The number of hydrogen-bond donors (Lipinski definition) is 0. The van der Waals surface area contributed by atoms with Gasteiger partial charge in [-0.3, -0.25) is 4.48 Å². The average Bonchev–Trinajstić information content (AvgIpc) is 2.38. The molecular formula is C17H32N+. The molecule has 1 nitrogen and oxygen atoms in total. The van der Waals surface area contributed by atoms with Gasteiger partial charge < -0.3 is 0 Å². The molecule has 18 heavy (non-hydrogen) atoms. The first-order chi connectivity index (χ1) is 8.77. The van der Waals surface area contributed by atoms with E-state index >= 15 is 0 Å². The Bertz CT molecular complexity index is 254. The van der Waals surface area contributed by atoms with Gasteiger partial charge in [0.15, 0.2) is 0 Å². The van der Waals surface area contributed by atoms with Crippen LogP contribution in [0.1, 0.15) is 64.7 Å². The fourth-order valence-corrected chi connectivity index (χ4v) is 2.65. The van der Waals surface area contributed by atoms with Gasteiger partial charge >= 0.3 is 0 Å². The molecule has 0 bridgehead atoms. The van der Waals surface area contributed by atoms with Crippen molar-refractivity contribution in [3.05, 3.63) is 24.4 Å². The first-order valence-electron chi connectivity index (χ1n) is 7.95. The second kappa shape index (κ2) is 9.38. The zero-order valence-electron chi connectivity index (χ0n) is 12.5. The van der Waals surface area contributed by atoms with Crippen LogP contribution in [0.4, 0.5) is 0 Å². The van der Waals surface area contributed by atoms with Gasteiger partial charge in [0.1, 0.15) is 6.54 Å². The Kier molecular flexibility index (Phi) is 8.08. The van der Waals surface area contributed by atoms with E-state index in [1.165, 1.54) is 70.9 Å². The Hall–Kier alpha value is -0.560. The van der Waals surface area contributed by atoms with Crippen LogP contribution in [0.15, 0.2) is 24.4 Å². The Balaban J connectivity index is 1.89. The molecule has 1 aliphatic heterocycles. The maximum absolute atomic E-state index is 2.34. The number of allylic oxidation sites excluding steroid dienone is 2.